The first-order valence-corrected chi connectivity index (χ1v) is 9.74. The van der Waals surface area contributed by atoms with Crippen LogP contribution in [0.3, 0.4) is 0 Å². The summed E-state index contributed by atoms with van der Waals surface area (Å²) in [5.41, 5.74) is 0.375. The summed E-state index contributed by atoms with van der Waals surface area (Å²) in [6.45, 7) is 0.640. The Bertz CT molecular complexity index is 820. The van der Waals surface area contributed by atoms with Crippen LogP contribution in [0.4, 0.5) is 0 Å². The predicted molar refractivity (Wildman–Crippen MR) is 93.6 cm³/mol. The number of rotatable bonds is 8. The molecule has 0 radical (unpaired) electrons. The van der Waals surface area contributed by atoms with E-state index in [2.05, 4.69) is 5.32 Å². The maximum Gasteiger partial charge on any atom is 0.290 e. The minimum absolute atomic E-state index is 0.0787. The van der Waals surface area contributed by atoms with Crippen LogP contribution in [0.5, 0.6) is 11.5 Å². The molecule has 0 fully saturated rings. The van der Waals surface area contributed by atoms with Crippen molar-refractivity contribution in [2.75, 3.05) is 39.6 Å². The van der Waals surface area contributed by atoms with E-state index in [4.69, 9.17) is 9.84 Å². The quantitative estimate of drug-likeness (QED) is 0.446. The summed E-state index contributed by atoms with van der Waals surface area (Å²) in [7, 11) is -2.53. The highest BCUT2D eigenvalue weighted by Crippen LogP contribution is 2.41. The second kappa shape index (κ2) is 7.94. The molecule has 9 nitrogen and oxygen atoms in total. The summed E-state index contributed by atoms with van der Waals surface area (Å²) < 4.78 is 29.4. The monoisotopic (exact) mass is 386 g/mol. The second-order valence-electron chi connectivity index (χ2n) is 5.79. The van der Waals surface area contributed by atoms with Crippen molar-refractivity contribution in [3.63, 3.8) is 0 Å². The third kappa shape index (κ3) is 3.92. The number of benzene rings is 1. The van der Waals surface area contributed by atoms with Crippen LogP contribution >= 0.6 is 0 Å². The molecular formula is C16H22N2O7S. The van der Waals surface area contributed by atoms with Gasteiger partial charge in [0, 0.05) is 25.9 Å². The van der Waals surface area contributed by atoms with Crippen LogP contribution in [0.15, 0.2) is 28.9 Å². The van der Waals surface area contributed by atoms with Gasteiger partial charge < -0.3 is 30.3 Å². The molecule has 0 saturated heterocycles. The summed E-state index contributed by atoms with van der Waals surface area (Å²) in [6.07, 6.45) is 0.921. The SMILES string of the molecule is COc1cc([C@H]2C(S(C)(=O)=O)=C(O)C(=O)N2CCNCCO)ccc1O. The van der Waals surface area contributed by atoms with Gasteiger partial charge in [-0.2, -0.15) is 0 Å². The smallest absolute Gasteiger partial charge is 0.290 e. The number of hydrogen-bond donors (Lipinski definition) is 4. The summed E-state index contributed by atoms with van der Waals surface area (Å²) in [5.74, 6) is -1.63. The van der Waals surface area contributed by atoms with E-state index in [1.807, 2.05) is 0 Å². The number of hydrogen-bond acceptors (Lipinski definition) is 8. The molecule has 1 atom stereocenters. The molecule has 144 valence electrons. The maximum absolute atomic E-state index is 12.4. The first-order valence-electron chi connectivity index (χ1n) is 7.85. The molecule has 10 heteroatoms. The normalized spacial score (nSPS) is 17.9. The van der Waals surface area contributed by atoms with Crippen molar-refractivity contribution in [3.8, 4) is 11.5 Å². The van der Waals surface area contributed by atoms with Gasteiger partial charge in [0.25, 0.3) is 5.91 Å². The van der Waals surface area contributed by atoms with Crippen molar-refractivity contribution in [2.24, 2.45) is 0 Å². The summed E-state index contributed by atoms with van der Waals surface area (Å²) in [6, 6.07) is 3.18. The van der Waals surface area contributed by atoms with Crippen LogP contribution < -0.4 is 10.1 Å². The van der Waals surface area contributed by atoms with Gasteiger partial charge in [-0.25, -0.2) is 8.42 Å². The maximum atomic E-state index is 12.4. The van der Waals surface area contributed by atoms with Gasteiger partial charge >= 0.3 is 0 Å². The van der Waals surface area contributed by atoms with Gasteiger partial charge in [-0.15, -0.1) is 0 Å². The highest BCUT2D eigenvalue weighted by Gasteiger charge is 2.44. The molecule has 0 spiro atoms. The average molecular weight is 386 g/mol. The van der Waals surface area contributed by atoms with Crippen molar-refractivity contribution >= 4 is 15.7 Å². The van der Waals surface area contributed by atoms with Crippen LogP contribution in [0.25, 0.3) is 0 Å². The molecular weight excluding hydrogens is 364 g/mol. The largest absolute Gasteiger partial charge is 0.504 e. The Balaban J connectivity index is 2.47. The van der Waals surface area contributed by atoms with Crippen LogP contribution in [0.2, 0.25) is 0 Å². The lowest BCUT2D eigenvalue weighted by Gasteiger charge is -2.27. The van der Waals surface area contributed by atoms with Crippen LogP contribution in [-0.4, -0.2) is 74.2 Å². The van der Waals surface area contributed by atoms with E-state index in [-0.39, 0.29) is 24.7 Å². The lowest BCUT2D eigenvalue weighted by Crippen LogP contribution is -2.37. The minimum atomic E-state index is -3.88. The van der Waals surface area contributed by atoms with Crippen LogP contribution in [0.1, 0.15) is 11.6 Å². The average Bonchev–Trinajstić information content (AvgIpc) is 2.84. The molecule has 1 aliphatic heterocycles. The van der Waals surface area contributed by atoms with Crippen molar-refractivity contribution in [1.82, 2.24) is 10.2 Å². The number of phenols is 1. The van der Waals surface area contributed by atoms with E-state index in [9.17, 15) is 23.4 Å². The fraction of sp³-hybridized carbons (Fsp3) is 0.438. The number of ether oxygens (including phenoxy) is 1. The standard InChI is InChI=1S/C16H22N2O7S/c1-25-12-9-10(3-4-11(12)20)13-15(26(2,23)24)14(21)16(22)18(13)7-5-17-6-8-19/h3-4,9,13,17,19-21H,5-8H2,1-2H3/t13-/m0/s1. The first-order chi connectivity index (χ1) is 12.2. The number of carbonyl (C=O) groups excluding carboxylic acids is 1. The Labute approximate surface area is 151 Å². The highest BCUT2D eigenvalue weighted by atomic mass is 32.2. The van der Waals surface area contributed by atoms with E-state index in [0.29, 0.717) is 18.7 Å². The molecule has 0 unspecified atom stereocenters. The number of aliphatic hydroxyl groups excluding tert-OH is 2. The summed E-state index contributed by atoms with van der Waals surface area (Å²) in [5, 5.41) is 31.6. The third-order valence-electron chi connectivity index (χ3n) is 3.99. The Morgan fingerprint density at radius 1 is 1.27 bits per heavy atom. The van der Waals surface area contributed by atoms with Crippen molar-refractivity contribution in [2.45, 2.75) is 6.04 Å². The van der Waals surface area contributed by atoms with Crippen molar-refractivity contribution in [3.05, 3.63) is 34.4 Å². The zero-order chi connectivity index (χ0) is 19.5. The third-order valence-corrected chi connectivity index (χ3v) is 5.21. The summed E-state index contributed by atoms with van der Waals surface area (Å²) >= 11 is 0. The van der Waals surface area contributed by atoms with Crippen molar-refractivity contribution in [1.29, 1.82) is 0 Å². The lowest BCUT2D eigenvalue weighted by atomic mass is 10.1. The van der Waals surface area contributed by atoms with Gasteiger partial charge in [0.2, 0.25) is 0 Å². The molecule has 26 heavy (non-hydrogen) atoms. The van der Waals surface area contributed by atoms with Gasteiger partial charge in [-0.3, -0.25) is 4.79 Å². The van der Waals surface area contributed by atoms with Crippen LogP contribution in [-0.2, 0) is 14.6 Å². The number of sulfone groups is 1. The molecule has 1 aliphatic rings. The van der Waals surface area contributed by atoms with E-state index in [1.54, 1.807) is 0 Å². The van der Waals surface area contributed by atoms with E-state index >= 15 is 0 Å². The number of nitrogens with one attached hydrogen (secondary N) is 1. The molecule has 4 N–H and O–H groups in total. The fourth-order valence-electron chi connectivity index (χ4n) is 2.84. The Hall–Kier alpha value is -2.30. The number of nitrogens with zero attached hydrogens (tertiary/aromatic N) is 1. The Morgan fingerprint density at radius 3 is 2.54 bits per heavy atom. The number of aromatic hydroxyl groups is 1. The molecule has 0 saturated carbocycles. The van der Waals surface area contributed by atoms with Gasteiger partial charge in [0.15, 0.2) is 27.1 Å². The molecule has 1 aromatic carbocycles. The number of phenolic OH excluding ortho intramolecular Hbond substituents is 1. The lowest BCUT2D eigenvalue weighted by molar-refractivity contribution is -0.129. The second-order valence-corrected chi connectivity index (χ2v) is 7.78. The van der Waals surface area contributed by atoms with E-state index < -0.39 is 32.5 Å². The molecule has 1 heterocycles. The predicted octanol–water partition coefficient (Wildman–Crippen LogP) is -0.320. The molecule has 2 rings (SSSR count). The summed E-state index contributed by atoms with van der Waals surface area (Å²) in [4.78, 5) is 13.3. The molecule has 0 aromatic heterocycles. The topological polar surface area (TPSA) is 136 Å². The Morgan fingerprint density at radius 2 is 1.96 bits per heavy atom. The van der Waals surface area contributed by atoms with Gasteiger partial charge in [0.05, 0.1) is 19.8 Å². The number of methoxy groups -OCH3 is 1. The fourth-order valence-corrected chi connectivity index (χ4v) is 3.95. The minimum Gasteiger partial charge on any atom is -0.504 e. The van der Waals surface area contributed by atoms with Gasteiger partial charge in [0.1, 0.15) is 4.91 Å². The van der Waals surface area contributed by atoms with E-state index in [0.717, 1.165) is 6.26 Å². The molecule has 1 aromatic rings. The number of carbonyl (C=O) groups is 1. The number of amides is 1. The van der Waals surface area contributed by atoms with Crippen molar-refractivity contribution < 1.29 is 33.3 Å². The molecule has 1 amide bonds. The first kappa shape index (κ1) is 20.0. The highest BCUT2D eigenvalue weighted by molar-refractivity contribution is 7.94. The van der Waals surface area contributed by atoms with Gasteiger partial charge in [-0.05, 0) is 17.7 Å². The Kier molecular flexibility index (Phi) is 6.11. The molecule has 0 aliphatic carbocycles. The van der Waals surface area contributed by atoms with Gasteiger partial charge in [-0.1, -0.05) is 6.07 Å². The zero-order valence-corrected chi connectivity index (χ0v) is 15.3. The van der Waals surface area contributed by atoms with E-state index in [1.165, 1.54) is 30.2 Å². The molecule has 0 bridgehead atoms. The zero-order valence-electron chi connectivity index (χ0n) is 14.5. The van der Waals surface area contributed by atoms with Crippen LogP contribution in [0, 0.1) is 0 Å². The number of aliphatic hydroxyl groups is 2.